The predicted octanol–water partition coefficient (Wildman–Crippen LogP) is 0.648. The zero-order valence-electron chi connectivity index (χ0n) is 10.8. The van der Waals surface area contributed by atoms with Gasteiger partial charge >= 0.3 is 0 Å². The van der Waals surface area contributed by atoms with Crippen LogP contribution in [0.2, 0.25) is 0 Å². The van der Waals surface area contributed by atoms with Crippen LogP contribution >= 0.6 is 0 Å². The van der Waals surface area contributed by atoms with Gasteiger partial charge in [0.1, 0.15) is 12.4 Å². The first kappa shape index (κ1) is 13.5. The molecule has 0 aromatic heterocycles. The Morgan fingerprint density at radius 3 is 3.05 bits per heavy atom. The number of amides is 1. The molecular formula is C13H18N2O4. The molecule has 19 heavy (non-hydrogen) atoms. The standard InChI is InChI=1S/C13H18N2O4/c1-9(14)6-13(16)15-4-5-17-10-2-3-11-12(7-10)19-8-18-11/h2-3,7,9H,4-6,8,14H2,1H3,(H,15,16). The minimum atomic E-state index is -0.130. The lowest BCUT2D eigenvalue weighted by atomic mass is 10.2. The van der Waals surface area contributed by atoms with Crippen LogP contribution in [0.4, 0.5) is 0 Å². The lowest BCUT2D eigenvalue weighted by Crippen LogP contribution is -2.32. The second-order valence-electron chi connectivity index (χ2n) is 4.39. The maximum Gasteiger partial charge on any atom is 0.231 e. The number of nitrogens with two attached hydrogens (primary N) is 1. The summed E-state index contributed by atoms with van der Waals surface area (Å²) in [5, 5.41) is 2.74. The van der Waals surface area contributed by atoms with Crippen LogP contribution in [0.15, 0.2) is 18.2 Å². The average Bonchev–Trinajstić information content (AvgIpc) is 2.81. The Bertz CT molecular complexity index is 448. The van der Waals surface area contributed by atoms with Gasteiger partial charge in [0.25, 0.3) is 0 Å². The van der Waals surface area contributed by atoms with E-state index in [1.807, 2.05) is 0 Å². The molecule has 0 saturated heterocycles. The van der Waals surface area contributed by atoms with E-state index >= 15 is 0 Å². The molecule has 3 N–H and O–H groups in total. The zero-order chi connectivity index (χ0) is 13.7. The fraction of sp³-hybridized carbons (Fsp3) is 0.462. The monoisotopic (exact) mass is 266 g/mol. The van der Waals surface area contributed by atoms with Crippen molar-refractivity contribution < 1.29 is 19.0 Å². The van der Waals surface area contributed by atoms with Gasteiger partial charge in [0.05, 0.1) is 6.54 Å². The Balaban J connectivity index is 1.70. The summed E-state index contributed by atoms with van der Waals surface area (Å²) >= 11 is 0. The van der Waals surface area contributed by atoms with Crippen LogP contribution < -0.4 is 25.3 Å². The Hall–Kier alpha value is -1.95. The van der Waals surface area contributed by atoms with Gasteiger partial charge in [0.2, 0.25) is 12.7 Å². The molecule has 0 radical (unpaired) electrons. The van der Waals surface area contributed by atoms with Gasteiger partial charge in [0.15, 0.2) is 11.5 Å². The van der Waals surface area contributed by atoms with E-state index in [9.17, 15) is 4.79 Å². The minimum absolute atomic E-state index is 0.0655. The summed E-state index contributed by atoms with van der Waals surface area (Å²) in [6.45, 7) is 2.87. The molecule has 0 bridgehead atoms. The van der Waals surface area contributed by atoms with E-state index in [0.717, 1.165) is 5.75 Å². The molecule has 104 valence electrons. The number of nitrogens with one attached hydrogen (secondary N) is 1. The molecule has 1 aliphatic rings. The van der Waals surface area contributed by atoms with Crippen molar-refractivity contribution in [2.75, 3.05) is 19.9 Å². The Kier molecular flexibility index (Phi) is 4.46. The number of fused-ring (bicyclic) bond motifs is 1. The summed E-state index contributed by atoms with van der Waals surface area (Å²) < 4.78 is 15.9. The fourth-order valence-electron chi connectivity index (χ4n) is 1.69. The molecule has 1 aromatic carbocycles. The fourth-order valence-corrected chi connectivity index (χ4v) is 1.69. The molecule has 1 atom stereocenters. The molecular weight excluding hydrogens is 248 g/mol. The van der Waals surface area contributed by atoms with Gasteiger partial charge in [-0.3, -0.25) is 4.79 Å². The second-order valence-corrected chi connectivity index (χ2v) is 4.39. The van der Waals surface area contributed by atoms with E-state index < -0.39 is 0 Å². The van der Waals surface area contributed by atoms with Gasteiger partial charge < -0.3 is 25.3 Å². The first-order valence-corrected chi connectivity index (χ1v) is 6.20. The maximum absolute atomic E-state index is 11.3. The zero-order valence-corrected chi connectivity index (χ0v) is 10.8. The summed E-state index contributed by atoms with van der Waals surface area (Å²) in [5.41, 5.74) is 5.52. The molecule has 0 fully saturated rings. The third-order valence-corrected chi connectivity index (χ3v) is 2.54. The molecule has 1 amide bonds. The van der Waals surface area contributed by atoms with Crippen LogP contribution in [0.3, 0.4) is 0 Å². The van der Waals surface area contributed by atoms with E-state index in [1.54, 1.807) is 25.1 Å². The van der Waals surface area contributed by atoms with Crippen molar-refractivity contribution in [3.63, 3.8) is 0 Å². The number of carbonyl (C=O) groups excluding carboxylic acids is 1. The number of hydrogen-bond donors (Lipinski definition) is 2. The number of ether oxygens (including phenoxy) is 3. The van der Waals surface area contributed by atoms with Gasteiger partial charge in [-0.25, -0.2) is 0 Å². The van der Waals surface area contributed by atoms with Crippen LogP contribution in [0.5, 0.6) is 17.2 Å². The molecule has 1 aliphatic heterocycles. The minimum Gasteiger partial charge on any atom is -0.492 e. The van der Waals surface area contributed by atoms with E-state index in [1.165, 1.54) is 0 Å². The highest BCUT2D eigenvalue weighted by molar-refractivity contribution is 5.76. The second kappa shape index (κ2) is 6.29. The Morgan fingerprint density at radius 1 is 1.47 bits per heavy atom. The highest BCUT2D eigenvalue weighted by Gasteiger charge is 2.13. The molecule has 2 rings (SSSR count). The lowest BCUT2D eigenvalue weighted by molar-refractivity contribution is -0.121. The molecule has 1 heterocycles. The number of carbonyl (C=O) groups is 1. The van der Waals surface area contributed by atoms with E-state index in [2.05, 4.69) is 5.32 Å². The Labute approximate surface area is 111 Å². The van der Waals surface area contributed by atoms with Gasteiger partial charge in [0, 0.05) is 18.5 Å². The van der Waals surface area contributed by atoms with Gasteiger partial charge in [-0.05, 0) is 19.1 Å². The van der Waals surface area contributed by atoms with Crippen molar-refractivity contribution in [1.29, 1.82) is 0 Å². The maximum atomic E-state index is 11.3. The van der Waals surface area contributed by atoms with Crippen LogP contribution in [0, 0.1) is 0 Å². The topological polar surface area (TPSA) is 82.8 Å². The van der Waals surface area contributed by atoms with Crippen LogP contribution in [0.25, 0.3) is 0 Å². The lowest BCUT2D eigenvalue weighted by Gasteiger charge is -2.09. The third kappa shape index (κ3) is 4.03. The molecule has 0 spiro atoms. The summed E-state index contributed by atoms with van der Waals surface area (Å²) in [6.07, 6.45) is 0.323. The largest absolute Gasteiger partial charge is 0.492 e. The van der Waals surface area contributed by atoms with Crippen molar-refractivity contribution in [3.8, 4) is 17.2 Å². The SMILES string of the molecule is CC(N)CC(=O)NCCOc1ccc2c(c1)OCO2. The van der Waals surface area contributed by atoms with Crippen molar-refractivity contribution in [2.24, 2.45) is 5.73 Å². The molecule has 6 nitrogen and oxygen atoms in total. The summed E-state index contributed by atoms with van der Waals surface area (Å²) in [4.78, 5) is 11.3. The molecule has 1 aromatic rings. The average molecular weight is 266 g/mol. The van der Waals surface area contributed by atoms with Gasteiger partial charge in [-0.2, -0.15) is 0 Å². The molecule has 0 aliphatic carbocycles. The van der Waals surface area contributed by atoms with E-state index in [-0.39, 0.29) is 18.7 Å². The van der Waals surface area contributed by atoms with E-state index in [0.29, 0.717) is 31.1 Å². The number of rotatable bonds is 6. The van der Waals surface area contributed by atoms with Crippen LogP contribution in [0.1, 0.15) is 13.3 Å². The smallest absolute Gasteiger partial charge is 0.231 e. The normalized spacial score (nSPS) is 14.0. The first-order chi connectivity index (χ1) is 9.15. The van der Waals surface area contributed by atoms with Crippen molar-refractivity contribution in [2.45, 2.75) is 19.4 Å². The molecule has 1 unspecified atom stereocenters. The highest BCUT2D eigenvalue weighted by Crippen LogP contribution is 2.34. The summed E-state index contributed by atoms with van der Waals surface area (Å²) in [5.74, 6) is 2.02. The van der Waals surface area contributed by atoms with Crippen LogP contribution in [-0.2, 0) is 4.79 Å². The first-order valence-electron chi connectivity index (χ1n) is 6.20. The Morgan fingerprint density at radius 2 is 2.26 bits per heavy atom. The van der Waals surface area contributed by atoms with Crippen molar-refractivity contribution in [1.82, 2.24) is 5.32 Å². The predicted molar refractivity (Wildman–Crippen MR) is 69.3 cm³/mol. The van der Waals surface area contributed by atoms with E-state index in [4.69, 9.17) is 19.9 Å². The third-order valence-electron chi connectivity index (χ3n) is 2.54. The number of hydrogen-bond acceptors (Lipinski definition) is 5. The summed E-state index contributed by atoms with van der Waals surface area (Å²) in [7, 11) is 0. The highest BCUT2D eigenvalue weighted by atomic mass is 16.7. The molecule has 6 heteroatoms. The van der Waals surface area contributed by atoms with Crippen LogP contribution in [-0.4, -0.2) is 31.9 Å². The van der Waals surface area contributed by atoms with Crippen molar-refractivity contribution >= 4 is 5.91 Å². The number of benzene rings is 1. The summed E-state index contributed by atoms with van der Waals surface area (Å²) in [6, 6.07) is 5.24. The molecule has 0 saturated carbocycles. The van der Waals surface area contributed by atoms with Gasteiger partial charge in [-0.15, -0.1) is 0 Å². The van der Waals surface area contributed by atoms with Gasteiger partial charge in [-0.1, -0.05) is 0 Å². The quantitative estimate of drug-likeness (QED) is 0.739. The van der Waals surface area contributed by atoms with Crippen molar-refractivity contribution in [3.05, 3.63) is 18.2 Å².